The number of nitrogens with one attached hydrogen (secondary N) is 1. The van der Waals surface area contributed by atoms with Gasteiger partial charge in [-0.1, -0.05) is 12.1 Å². The van der Waals surface area contributed by atoms with Crippen molar-refractivity contribution >= 4 is 17.4 Å². The van der Waals surface area contributed by atoms with Crippen LogP contribution in [0.5, 0.6) is 0 Å². The first kappa shape index (κ1) is 15.5. The van der Waals surface area contributed by atoms with E-state index in [1.165, 1.54) is 24.4 Å². The Bertz CT molecular complexity index is 622. The monoisotopic (exact) mass is 317 g/mol. The van der Waals surface area contributed by atoms with Gasteiger partial charge < -0.3 is 10.4 Å². The number of anilines is 1. The van der Waals surface area contributed by atoms with Crippen molar-refractivity contribution in [1.82, 2.24) is 9.97 Å². The third-order valence-corrected chi connectivity index (χ3v) is 2.88. The molecule has 0 saturated heterocycles. The quantitative estimate of drug-likeness (QED) is 0.850. The number of aliphatic hydroxyl groups is 1. The van der Waals surface area contributed by atoms with E-state index in [9.17, 15) is 18.3 Å². The highest BCUT2D eigenvalue weighted by atomic mass is 35.5. The van der Waals surface area contributed by atoms with E-state index in [0.717, 1.165) is 12.1 Å². The topological polar surface area (TPSA) is 58.0 Å². The van der Waals surface area contributed by atoms with E-state index in [1.54, 1.807) is 0 Å². The van der Waals surface area contributed by atoms with Gasteiger partial charge in [0.25, 0.3) is 0 Å². The fraction of sp³-hybridized carbons (Fsp3) is 0.231. The Labute approximate surface area is 123 Å². The zero-order valence-electron chi connectivity index (χ0n) is 10.6. The largest absolute Gasteiger partial charge is 0.416 e. The van der Waals surface area contributed by atoms with Crippen LogP contribution in [0.3, 0.4) is 0 Å². The van der Waals surface area contributed by atoms with E-state index in [-0.39, 0.29) is 17.4 Å². The molecule has 0 spiro atoms. The minimum Gasteiger partial charge on any atom is -0.387 e. The Hall–Kier alpha value is -1.86. The molecule has 2 N–H and O–H groups in total. The number of nitrogens with zero attached hydrogens (tertiary/aromatic N) is 2. The number of hydrogen-bond donors (Lipinski definition) is 2. The zero-order valence-corrected chi connectivity index (χ0v) is 11.4. The molecule has 1 heterocycles. The summed E-state index contributed by atoms with van der Waals surface area (Å²) >= 11 is 5.60. The number of halogens is 4. The van der Waals surface area contributed by atoms with Crippen molar-refractivity contribution in [2.45, 2.75) is 12.3 Å². The van der Waals surface area contributed by atoms with E-state index >= 15 is 0 Å². The van der Waals surface area contributed by atoms with Gasteiger partial charge in [0.1, 0.15) is 5.82 Å². The Kier molecular flexibility index (Phi) is 4.64. The van der Waals surface area contributed by atoms with E-state index in [4.69, 9.17) is 11.6 Å². The maximum absolute atomic E-state index is 12.6. The van der Waals surface area contributed by atoms with Crippen molar-refractivity contribution in [2.24, 2.45) is 0 Å². The molecule has 21 heavy (non-hydrogen) atoms. The van der Waals surface area contributed by atoms with Gasteiger partial charge >= 0.3 is 6.18 Å². The molecule has 8 heteroatoms. The molecular weight excluding hydrogens is 307 g/mol. The number of alkyl halides is 3. The lowest BCUT2D eigenvalue weighted by Crippen LogP contribution is -2.14. The molecule has 2 rings (SSSR count). The number of aliphatic hydroxyl groups excluding tert-OH is 1. The van der Waals surface area contributed by atoms with Crippen LogP contribution in [0.2, 0.25) is 5.28 Å². The van der Waals surface area contributed by atoms with Crippen molar-refractivity contribution in [3.8, 4) is 0 Å². The molecule has 0 aliphatic rings. The molecule has 0 fully saturated rings. The third-order valence-electron chi connectivity index (χ3n) is 2.70. The number of aromatic nitrogens is 2. The van der Waals surface area contributed by atoms with E-state index in [2.05, 4.69) is 15.3 Å². The highest BCUT2D eigenvalue weighted by Crippen LogP contribution is 2.30. The lowest BCUT2D eigenvalue weighted by atomic mass is 10.1. The molecule has 0 radical (unpaired) electrons. The molecule has 0 aliphatic heterocycles. The predicted molar refractivity (Wildman–Crippen MR) is 71.9 cm³/mol. The summed E-state index contributed by atoms with van der Waals surface area (Å²) in [5.74, 6) is 0.376. The second-order valence-electron chi connectivity index (χ2n) is 4.23. The Morgan fingerprint density at radius 2 is 2.05 bits per heavy atom. The van der Waals surface area contributed by atoms with Crippen molar-refractivity contribution < 1.29 is 18.3 Å². The summed E-state index contributed by atoms with van der Waals surface area (Å²) in [6.07, 6.45) is -4.13. The minimum atomic E-state index is -4.44. The predicted octanol–water partition coefficient (Wildman–Crippen LogP) is 3.29. The first-order chi connectivity index (χ1) is 9.86. The summed E-state index contributed by atoms with van der Waals surface area (Å²) in [6, 6.07) is 6.08. The van der Waals surface area contributed by atoms with Crippen LogP contribution < -0.4 is 5.32 Å². The van der Waals surface area contributed by atoms with Gasteiger partial charge in [-0.3, -0.25) is 0 Å². The summed E-state index contributed by atoms with van der Waals surface area (Å²) in [4.78, 5) is 7.54. The molecule has 1 atom stereocenters. The molecule has 0 bridgehead atoms. The fourth-order valence-corrected chi connectivity index (χ4v) is 1.82. The van der Waals surface area contributed by atoms with Crippen LogP contribution in [-0.4, -0.2) is 21.6 Å². The lowest BCUT2D eigenvalue weighted by Gasteiger charge is -2.14. The number of benzene rings is 1. The molecule has 1 unspecified atom stereocenters. The summed E-state index contributed by atoms with van der Waals surface area (Å²) in [7, 11) is 0. The van der Waals surface area contributed by atoms with E-state index < -0.39 is 17.8 Å². The molecule has 0 aliphatic carbocycles. The molecule has 0 saturated carbocycles. The maximum atomic E-state index is 12.6. The van der Waals surface area contributed by atoms with Crippen molar-refractivity contribution in [3.63, 3.8) is 0 Å². The van der Waals surface area contributed by atoms with Crippen LogP contribution in [0.25, 0.3) is 0 Å². The minimum absolute atomic E-state index is 0.00530. The van der Waals surface area contributed by atoms with Gasteiger partial charge in [0.15, 0.2) is 0 Å². The molecular formula is C13H11ClF3N3O. The molecule has 1 aromatic carbocycles. The van der Waals surface area contributed by atoms with Gasteiger partial charge in [-0.15, -0.1) is 0 Å². The SMILES string of the molecule is OC(CNc1ccnc(Cl)n1)c1cccc(C(F)(F)F)c1. The molecule has 1 aromatic heterocycles. The van der Waals surface area contributed by atoms with Crippen LogP contribution in [0.15, 0.2) is 36.5 Å². The summed E-state index contributed by atoms with van der Waals surface area (Å²) < 4.78 is 37.8. The Morgan fingerprint density at radius 3 is 2.71 bits per heavy atom. The number of rotatable bonds is 4. The fourth-order valence-electron chi connectivity index (χ4n) is 1.67. The van der Waals surface area contributed by atoms with Gasteiger partial charge in [-0.25, -0.2) is 9.97 Å². The standard InChI is InChI=1S/C13H11ClF3N3O/c14-12-18-5-4-11(20-12)19-7-10(21)8-2-1-3-9(6-8)13(15,16)17/h1-6,10,21H,7H2,(H,18,19,20). The molecule has 0 amide bonds. The molecule has 2 aromatic rings. The van der Waals surface area contributed by atoms with Crippen LogP contribution in [0.1, 0.15) is 17.2 Å². The van der Waals surface area contributed by atoms with Crippen LogP contribution in [0.4, 0.5) is 19.0 Å². The lowest BCUT2D eigenvalue weighted by molar-refractivity contribution is -0.137. The van der Waals surface area contributed by atoms with E-state index in [0.29, 0.717) is 5.82 Å². The van der Waals surface area contributed by atoms with Gasteiger partial charge in [-0.05, 0) is 35.4 Å². The summed E-state index contributed by atoms with van der Waals surface area (Å²) in [5.41, 5.74) is -0.637. The Balaban J connectivity index is 2.05. The number of hydrogen-bond acceptors (Lipinski definition) is 4. The van der Waals surface area contributed by atoms with Crippen LogP contribution in [0, 0.1) is 0 Å². The van der Waals surface area contributed by atoms with Crippen molar-refractivity contribution in [3.05, 3.63) is 52.9 Å². The summed E-state index contributed by atoms with van der Waals surface area (Å²) in [5, 5.41) is 12.7. The van der Waals surface area contributed by atoms with Crippen molar-refractivity contribution in [2.75, 3.05) is 11.9 Å². The molecule has 4 nitrogen and oxygen atoms in total. The smallest absolute Gasteiger partial charge is 0.387 e. The highest BCUT2D eigenvalue weighted by Gasteiger charge is 2.30. The van der Waals surface area contributed by atoms with Gasteiger partial charge in [0.2, 0.25) is 5.28 Å². The summed E-state index contributed by atoms with van der Waals surface area (Å²) in [6.45, 7) is -0.00530. The normalized spacial score (nSPS) is 13.0. The second kappa shape index (κ2) is 6.28. The second-order valence-corrected chi connectivity index (χ2v) is 4.57. The Morgan fingerprint density at radius 1 is 1.29 bits per heavy atom. The molecule has 112 valence electrons. The van der Waals surface area contributed by atoms with Gasteiger partial charge in [-0.2, -0.15) is 13.2 Å². The average molecular weight is 318 g/mol. The van der Waals surface area contributed by atoms with Gasteiger partial charge in [0.05, 0.1) is 11.7 Å². The first-order valence-corrected chi connectivity index (χ1v) is 6.31. The van der Waals surface area contributed by atoms with E-state index in [1.807, 2.05) is 0 Å². The first-order valence-electron chi connectivity index (χ1n) is 5.94. The van der Waals surface area contributed by atoms with Crippen molar-refractivity contribution in [1.29, 1.82) is 0 Å². The average Bonchev–Trinajstić information content (AvgIpc) is 2.44. The highest BCUT2D eigenvalue weighted by molar-refractivity contribution is 6.28. The zero-order chi connectivity index (χ0) is 15.5. The van der Waals surface area contributed by atoms with Gasteiger partial charge in [0, 0.05) is 12.7 Å². The van der Waals surface area contributed by atoms with Crippen LogP contribution >= 0.6 is 11.6 Å². The third kappa shape index (κ3) is 4.30. The van der Waals surface area contributed by atoms with Crippen LogP contribution in [-0.2, 0) is 6.18 Å². The maximum Gasteiger partial charge on any atom is 0.416 e.